The molecule has 0 fully saturated rings. The van der Waals surface area contributed by atoms with Crippen molar-refractivity contribution in [3.05, 3.63) is 35.1 Å². The summed E-state index contributed by atoms with van der Waals surface area (Å²) < 4.78 is 50.4. The molecule has 1 aromatic carbocycles. The molecule has 0 saturated carbocycles. The number of hydrogen-bond acceptors (Lipinski definition) is 2. The highest BCUT2D eigenvalue weighted by Crippen LogP contribution is 2.30. The molecule has 0 N–H and O–H groups in total. The van der Waals surface area contributed by atoms with E-state index in [-0.39, 0.29) is 6.42 Å². The highest BCUT2D eigenvalue weighted by Gasteiger charge is 2.31. The molecule has 1 rings (SSSR count). The van der Waals surface area contributed by atoms with Crippen molar-refractivity contribution in [1.29, 1.82) is 0 Å². The van der Waals surface area contributed by atoms with Gasteiger partial charge in [0, 0.05) is 12.2 Å². The van der Waals surface area contributed by atoms with Crippen molar-refractivity contribution < 1.29 is 22.4 Å². The molecule has 0 bridgehead atoms. The second kappa shape index (κ2) is 5.53. The minimum absolute atomic E-state index is 0.0272. The molecule has 0 atom stereocenters. The Kier molecular flexibility index (Phi) is 4.56. The lowest BCUT2D eigenvalue weighted by molar-refractivity contribution is -0.137. The fraction of sp³-hybridized carbons (Fsp3) is 0.364. The van der Waals surface area contributed by atoms with Crippen LogP contribution in [0.15, 0.2) is 18.2 Å². The highest BCUT2D eigenvalue weighted by molar-refractivity contribution is 7.98. The maximum Gasteiger partial charge on any atom is 0.416 e. The van der Waals surface area contributed by atoms with Crippen LogP contribution in [0.3, 0.4) is 0 Å². The van der Waals surface area contributed by atoms with Crippen LogP contribution in [0.1, 0.15) is 22.3 Å². The van der Waals surface area contributed by atoms with Gasteiger partial charge < -0.3 is 0 Å². The van der Waals surface area contributed by atoms with Gasteiger partial charge in [-0.25, -0.2) is 4.39 Å². The van der Waals surface area contributed by atoms with E-state index in [1.54, 1.807) is 6.26 Å². The van der Waals surface area contributed by atoms with Gasteiger partial charge in [-0.15, -0.1) is 0 Å². The van der Waals surface area contributed by atoms with Gasteiger partial charge in [0.15, 0.2) is 5.78 Å². The number of Topliss-reactive ketones (excluding diaryl/α,β-unsaturated/α-hetero) is 1. The smallest absolute Gasteiger partial charge is 0.294 e. The number of ketones is 1. The Bertz CT molecular complexity index is 414. The van der Waals surface area contributed by atoms with Gasteiger partial charge in [0.25, 0.3) is 0 Å². The van der Waals surface area contributed by atoms with E-state index in [1.165, 1.54) is 11.8 Å². The summed E-state index contributed by atoms with van der Waals surface area (Å²) in [5.74, 6) is -1.07. The molecule has 0 aromatic heterocycles. The van der Waals surface area contributed by atoms with Gasteiger partial charge in [-0.05, 0) is 24.5 Å². The first-order valence-electron chi connectivity index (χ1n) is 4.75. The number of carbonyl (C=O) groups is 1. The molecule has 1 nitrogen and oxygen atoms in total. The first-order chi connectivity index (χ1) is 7.86. The van der Waals surface area contributed by atoms with Crippen LogP contribution in [0.25, 0.3) is 0 Å². The summed E-state index contributed by atoms with van der Waals surface area (Å²) in [6.45, 7) is 0. The molecular weight excluding hydrogens is 256 g/mol. The monoisotopic (exact) mass is 266 g/mol. The van der Waals surface area contributed by atoms with Gasteiger partial charge in [-0.2, -0.15) is 24.9 Å². The first kappa shape index (κ1) is 14.0. The topological polar surface area (TPSA) is 17.1 Å². The molecule has 17 heavy (non-hydrogen) atoms. The third-order valence-electron chi connectivity index (χ3n) is 2.13. The molecule has 0 saturated heterocycles. The van der Waals surface area contributed by atoms with E-state index >= 15 is 0 Å². The van der Waals surface area contributed by atoms with Gasteiger partial charge in [0.1, 0.15) is 5.82 Å². The number of rotatable bonds is 4. The maximum absolute atomic E-state index is 13.2. The van der Waals surface area contributed by atoms with Gasteiger partial charge in [-0.3, -0.25) is 4.79 Å². The van der Waals surface area contributed by atoms with Crippen molar-refractivity contribution in [2.24, 2.45) is 0 Å². The first-order valence-corrected chi connectivity index (χ1v) is 6.14. The van der Waals surface area contributed by atoms with Crippen molar-refractivity contribution >= 4 is 17.5 Å². The van der Waals surface area contributed by atoms with Crippen LogP contribution < -0.4 is 0 Å². The van der Waals surface area contributed by atoms with Gasteiger partial charge in [0.05, 0.1) is 11.1 Å². The van der Waals surface area contributed by atoms with Crippen molar-refractivity contribution in [2.45, 2.75) is 12.6 Å². The molecule has 0 aliphatic carbocycles. The number of halogens is 4. The number of hydrogen-bond donors (Lipinski definition) is 0. The van der Waals surface area contributed by atoms with Crippen molar-refractivity contribution in [3.63, 3.8) is 0 Å². The SMILES string of the molecule is CSCCC(=O)c1cc(C(F)(F)F)ccc1F. The zero-order valence-electron chi connectivity index (χ0n) is 8.97. The third kappa shape index (κ3) is 3.73. The molecule has 0 unspecified atom stereocenters. The molecule has 94 valence electrons. The lowest BCUT2D eigenvalue weighted by atomic mass is 10.0. The van der Waals surface area contributed by atoms with E-state index in [1.807, 2.05) is 0 Å². The summed E-state index contributed by atoms with van der Waals surface area (Å²) in [7, 11) is 0. The summed E-state index contributed by atoms with van der Waals surface area (Å²) in [6, 6.07) is 1.87. The second-order valence-corrected chi connectivity index (χ2v) is 4.34. The standard InChI is InChI=1S/C11H10F4OS/c1-17-5-4-10(16)8-6-7(11(13,14)15)2-3-9(8)12/h2-3,6H,4-5H2,1H3. The zero-order valence-corrected chi connectivity index (χ0v) is 9.79. The van der Waals surface area contributed by atoms with Crippen LogP contribution in [0.2, 0.25) is 0 Å². The van der Waals surface area contributed by atoms with Crippen LogP contribution in [-0.4, -0.2) is 17.8 Å². The quantitative estimate of drug-likeness (QED) is 0.609. The van der Waals surface area contributed by atoms with Crippen molar-refractivity contribution in [2.75, 3.05) is 12.0 Å². The molecule has 0 aliphatic rings. The van der Waals surface area contributed by atoms with E-state index < -0.39 is 28.9 Å². The average Bonchev–Trinajstić information content (AvgIpc) is 2.24. The maximum atomic E-state index is 13.2. The van der Waals surface area contributed by atoms with E-state index in [0.29, 0.717) is 24.0 Å². The zero-order chi connectivity index (χ0) is 13.1. The molecule has 0 amide bonds. The summed E-state index contributed by atoms with van der Waals surface area (Å²) >= 11 is 1.37. The molecule has 1 aromatic rings. The fourth-order valence-corrected chi connectivity index (χ4v) is 1.63. The summed E-state index contributed by atoms with van der Waals surface area (Å²) in [5.41, 5.74) is -1.50. The normalized spacial score (nSPS) is 11.6. The predicted octanol–water partition coefficient (Wildman–Crippen LogP) is 3.78. The Hall–Kier alpha value is -1.04. The molecular formula is C11H10F4OS. The Morgan fingerprint density at radius 1 is 1.35 bits per heavy atom. The summed E-state index contributed by atoms with van der Waals surface area (Å²) in [4.78, 5) is 11.5. The van der Waals surface area contributed by atoms with Crippen LogP contribution >= 0.6 is 11.8 Å². The molecule has 0 radical (unpaired) electrons. The Labute approximate surface area is 100 Å². The summed E-state index contributed by atoms with van der Waals surface area (Å²) in [6.07, 6.45) is -2.78. The number of thioether (sulfide) groups is 1. The summed E-state index contributed by atoms with van der Waals surface area (Å²) in [5, 5.41) is 0. The van der Waals surface area contributed by atoms with E-state index in [2.05, 4.69) is 0 Å². The van der Waals surface area contributed by atoms with E-state index in [0.717, 1.165) is 0 Å². The number of alkyl halides is 3. The van der Waals surface area contributed by atoms with Crippen molar-refractivity contribution in [3.8, 4) is 0 Å². The lowest BCUT2D eigenvalue weighted by Crippen LogP contribution is -2.10. The van der Waals surface area contributed by atoms with Crippen LogP contribution in [0, 0.1) is 5.82 Å². The molecule has 6 heteroatoms. The highest BCUT2D eigenvalue weighted by atomic mass is 32.2. The number of carbonyl (C=O) groups excluding carboxylic acids is 1. The molecule has 0 heterocycles. The Morgan fingerprint density at radius 3 is 2.53 bits per heavy atom. The molecule has 0 spiro atoms. The number of benzene rings is 1. The minimum atomic E-state index is -4.57. The van der Waals surface area contributed by atoms with Gasteiger partial charge >= 0.3 is 6.18 Å². The Morgan fingerprint density at radius 2 is 2.00 bits per heavy atom. The Balaban J connectivity index is 3.02. The predicted molar refractivity (Wildman–Crippen MR) is 58.7 cm³/mol. The van der Waals surface area contributed by atoms with E-state index in [9.17, 15) is 22.4 Å². The molecule has 0 aliphatic heterocycles. The van der Waals surface area contributed by atoms with Crippen LogP contribution in [0.5, 0.6) is 0 Å². The minimum Gasteiger partial charge on any atom is -0.294 e. The second-order valence-electron chi connectivity index (χ2n) is 3.36. The van der Waals surface area contributed by atoms with Crippen molar-refractivity contribution in [1.82, 2.24) is 0 Å². The van der Waals surface area contributed by atoms with E-state index in [4.69, 9.17) is 0 Å². The van der Waals surface area contributed by atoms with Gasteiger partial charge in [0.2, 0.25) is 0 Å². The van der Waals surface area contributed by atoms with Crippen LogP contribution in [-0.2, 0) is 6.18 Å². The van der Waals surface area contributed by atoms with Gasteiger partial charge in [-0.1, -0.05) is 0 Å². The lowest BCUT2D eigenvalue weighted by Gasteiger charge is -2.09. The largest absolute Gasteiger partial charge is 0.416 e. The third-order valence-corrected chi connectivity index (χ3v) is 2.74. The average molecular weight is 266 g/mol. The fourth-order valence-electron chi connectivity index (χ4n) is 1.24. The van der Waals surface area contributed by atoms with Crippen LogP contribution in [0.4, 0.5) is 17.6 Å².